The summed E-state index contributed by atoms with van der Waals surface area (Å²) in [6.45, 7) is 0. The number of fused-ring (bicyclic) bond motifs is 1. The van der Waals surface area contributed by atoms with Gasteiger partial charge in [0.25, 0.3) is 5.56 Å². The van der Waals surface area contributed by atoms with Crippen molar-refractivity contribution < 1.29 is 20.1 Å². The smallest absolute Gasteiger partial charge is 0.327 e. The van der Waals surface area contributed by atoms with Crippen LogP contribution in [0.3, 0.4) is 0 Å². The fourth-order valence-corrected chi connectivity index (χ4v) is 1.83. The molecule has 3 aromatic rings. The average Bonchev–Trinajstić information content (AvgIpc) is 2.84. The molecule has 0 saturated carbocycles. The summed E-state index contributed by atoms with van der Waals surface area (Å²) in [5, 5.41) is 26.4. The highest BCUT2D eigenvalue weighted by molar-refractivity contribution is 5.71. The van der Waals surface area contributed by atoms with Gasteiger partial charge in [0, 0.05) is 5.56 Å². The molecule has 0 saturated heterocycles. The first-order chi connectivity index (χ1) is 11.3. The predicted molar refractivity (Wildman–Crippen MR) is 81.3 cm³/mol. The molecular formula is C13H12N4O7. The number of aliphatic carboxylic acids is 1. The third kappa shape index (κ3) is 3.91. The topological polar surface area (TPSA) is 192 Å². The molecule has 2 heterocycles. The van der Waals surface area contributed by atoms with Gasteiger partial charge >= 0.3 is 17.3 Å². The molecule has 0 bridgehead atoms. The van der Waals surface area contributed by atoms with Crippen LogP contribution in [-0.4, -0.2) is 41.2 Å². The Kier molecular flexibility index (Phi) is 4.54. The van der Waals surface area contributed by atoms with Crippen LogP contribution in [0.1, 0.15) is 5.56 Å². The van der Waals surface area contributed by atoms with Gasteiger partial charge in [0.1, 0.15) is 22.7 Å². The van der Waals surface area contributed by atoms with Crippen molar-refractivity contribution in [3.8, 4) is 11.5 Å². The van der Waals surface area contributed by atoms with Gasteiger partial charge in [-0.25, -0.2) is 9.59 Å². The van der Waals surface area contributed by atoms with Gasteiger partial charge in [-0.05, 0) is 18.2 Å². The quantitative estimate of drug-likeness (QED) is 0.290. The fourth-order valence-electron chi connectivity index (χ4n) is 1.83. The van der Waals surface area contributed by atoms with E-state index in [0.717, 1.165) is 0 Å². The number of carboxylic acids is 1. The first kappa shape index (κ1) is 16.6. The van der Waals surface area contributed by atoms with E-state index >= 15 is 0 Å². The van der Waals surface area contributed by atoms with Crippen LogP contribution < -0.4 is 16.9 Å². The third-order valence-electron chi connectivity index (χ3n) is 2.82. The van der Waals surface area contributed by atoms with Crippen LogP contribution in [0.5, 0.6) is 11.5 Å². The second-order valence-corrected chi connectivity index (χ2v) is 4.62. The maximum absolute atomic E-state index is 10.9. The summed E-state index contributed by atoms with van der Waals surface area (Å²) in [6.07, 6.45) is -0.291. The summed E-state index contributed by atoms with van der Waals surface area (Å²) < 4.78 is 0. The number of rotatable bonds is 2. The minimum atomic E-state index is -1.05. The molecule has 11 heteroatoms. The molecule has 0 radical (unpaired) electrons. The van der Waals surface area contributed by atoms with Crippen molar-refractivity contribution in [2.24, 2.45) is 0 Å². The Labute approximate surface area is 131 Å². The van der Waals surface area contributed by atoms with Gasteiger partial charge in [-0.3, -0.25) is 29.5 Å². The van der Waals surface area contributed by atoms with Crippen molar-refractivity contribution in [3.05, 3.63) is 55.1 Å². The van der Waals surface area contributed by atoms with E-state index in [4.69, 9.17) is 15.3 Å². The molecule has 24 heavy (non-hydrogen) atoms. The molecule has 7 N–H and O–H groups in total. The lowest BCUT2D eigenvalue weighted by molar-refractivity contribution is -0.136. The number of benzene rings is 1. The molecule has 0 fully saturated rings. The van der Waals surface area contributed by atoms with Crippen molar-refractivity contribution >= 4 is 17.1 Å². The van der Waals surface area contributed by atoms with Gasteiger partial charge in [0.15, 0.2) is 0 Å². The number of aromatic amines is 4. The Morgan fingerprint density at radius 3 is 2.21 bits per heavy atom. The second kappa shape index (κ2) is 6.56. The van der Waals surface area contributed by atoms with Crippen LogP contribution in [0.2, 0.25) is 0 Å². The molecule has 0 spiro atoms. The molecule has 0 unspecified atom stereocenters. The lowest BCUT2D eigenvalue weighted by atomic mass is 10.1. The molecule has 0 atom stereocenters. The number of aromatic nitrogens is 4. The average molecular weight is 336 g/mol. The van der Waals surface area contributed by atoms with Crippen LogP contribution >= 0.6 is 0 Å². The van der Waals surface area contributed by atoms with Gasteiger partial charge in [0.05, 0.1) is 6.42 Å². The Balaban J connectivity index is 0.000000174. The van der Waals surface area contributed by atoms with E-state index in [1.807, 2.05) is 4.98 Å². The minimum Gasteiger partial charge on any atom is -0.508 e. The SMILES string of the molecule is O=C(O)Cc1cc(O)ccc1O.O=c1[nH]c(=O)c2[nH]c(=O)[nH]c2[nH]1. The zero-order valence-electron chi connectivity index (χ0n) is 11.9. The largest absolute Gasteiger partial charge is 0.508 e. The molecule has 0 amide bonds. The molecule has 126 valence electrons. The van der Waals surface area contributed by atoms with Gasteiger partial charge in [-0.1, -0.05) is 0 Å². The molecule has 1 aromatic carbocycles. The van der Waals surface area contributed by atoms with E-state index in [0.29, 0.717) is 0 Å². The normalized spacial score (nSPS) is 10.2. The van der Waals surface area contributed by atoms with Crippen LogP contribution in [0, 0.1) is 0 Å². The lowest BCUT2D eigenvalue weighted by Crippen LogP contribution is -2.21. The highest BCUT2D eigenvalue weighted by Crippen LogP contribution is 2.22. The molecule has 0 aliphatic carbocycles. The minimum absolute atomic E-state index is 0.0413. The number of carbonyl (C=O) groups is 1. The molecule has 2 aromatic heterocycles. The van der Waals surface area contributed by atoms with E-state index in [-0.39, 0.29) is 34.6 Å². The number of hydrogen-bond acceptors (Lipinski definition) is 6. The third-order valence-corrected chi connectivity index (χ3v) is 2.82. The van der Waals surface area contributed by atoms with Crippen molar-refractivity contribution in [2.45, 2.75) is 6.42 Å². The number of aromatic hydroxyl groups is 2. The number of carboxylic acid groups (broad SMARTS) is 1. The Morgan fingerprint density at radius 1 is 0.958 bits per heavy atom. The summed E-state index contributed by atoms with van der Waals surface area (Å²) >= 11 is 0. The lowest BCUT2D eigenvalue weighted by Gasteiger charge is -2.00. The Morgan fingerprint density at radius 2 is 1.58 bits per heavy atom. The number of phenolic OH excluding ortho intramolecular Hbond substituents is 2. The van der Waals surface area contributed by atoms with Crippen molar-refractivity contribution in [1.29, 1.82) is 0 Å². The number of nitrogens with one attached hydrogen (secondary N) is 4. The number of H-pyrrole nitrogens is 4. The van der Waals surface area contributed by atoms with Gasteiger partial charge in [-0.15, -0.1) is 0 Å². The predicted octanol–water partition coefficient (Wildman–Crippen LogP) is -1.04. The van der Waals surface area contributed by atoms with Crippen molar-refractivity contribution in [3.63, 3.8) is 0 Å². The highest BCUT2D eigenvalue weighted by atomic mass is 16.4. The summed E-state index contributed by atoms with van der Waals surface area (Å²) in [4.78, 5) is 51.2. The Hall–Kier alpha value is -3.76. The monoisotopic (exact) mass is 336 g/mol. The second-order valence-electron chi connectivity index (χ2n) is 4.62. The summed E-state index contributed by atoms with van der Waals surface area (Å²) in [5.41, 5.74) is -1.44. The van der Waals surface area contributed by atoms with Gasteiger partial charge in [0.2, 0.25) is 0 Å². The summed E-state index contributed by atoms with van der Waals surface area (Å²) in [7, 11) is 0. The van der Waals surface area contributed by atoms with Gasteiger partial charge < -0.3 is 15.3 Å². The first-order valence-electron chi connectivity index (χ1n) is 6.43. The van der Waals surface area contributed by atoms with Crippen LogP contribution in [-0.2, 0) is 11.2 Å². The number of hydrogen-bond donors (Lipinski definition) is 7. The molecular weight excluding hydrogens is 324 g/mol. The molecule has 0 aliphatic heterocycles. The van der Waals surface area contributed by atoms with E-state index in [1.165, 1.54) is 18.2 Å². The maximum atomic E-state index is 10.9. The fraction of sp³-hybridized carbons (Fsp3) is 0.0769. The standard InChI is InChI=1S/C8H8O4.C5H4N4O3/c9-6-1-2-7(10)5(3-6)4-8(11)12;10-3-1-2(7-4(11)6-1)8-5(12)9-3/h1-3,9-10H,4H2,(H,11,12);(H4,6,7,8,9,10,11,12). The summed E-state index contributed by atoms with van der Waals surface area (Å²) in [5.74, 6) is -1.21. The van der Waals surface area contributed by atoms with Crippen molar-refractivity contribution in [2.75, 3.05) is 0 Å². The molecule has 11 nitrogen and oxygen atoms in total. The van der Waals surface area contributed by atoms with Crippen LogP contribution in [0.25, 0.3) is 11.2 Å². The zero-order chi connectivity index (χ0) is 17.9. The van der Waals surface area contributed by atoms with Crippen LogP contribution in [0.4, 0.5) is 0 Å². The van der Waals surface area contributed by atoms with Crippen LogP contribution in [0.15, 0.2) is 32.6 Å². The van der Waals surface area contributed by atoms with Crippen molar-refractivity contribution in [1.82, 2.24) is 19.9 Å². The van der Waals surface area contributed by atoms with E-state index in [1.54, 1.807) is 0 Å². The Bertz CT molecular complexity index is 1060. The summed E-state index contributed by atoms with van der Waals surface area (Å²) in [6, 6.07) is 3.78. The molecule has 3 rings (SSSR count). The number of imidazole rings is 1. The first-order valence-corrected chi connectivity index (χ1v) is 6.43. The highest BCUT2D eigenvalue weighted by Gasteiger charge is 2.06. The van der Waals surface area contributed by atoms with Gasteiger partial charge in [-0.2, -0.15) is 0 Å². The van der Waals surface area contributed by atoms with E-state index < -0.39 is 22.9 Å². The molecule has 0 aliphatic rings. The zero-order valence-corrected chi connectivity index (χ0v) is 11.9. The maximum Gasteiger partial charge on any atom is 0.327 e. The number of phenols is 2. The van der Waals surface area contributed by atoms with E-state index in [9.17, 15) is 19.2 Å². The van der Waals surface area contributed by atoms with E-state index in [2.05, 4.69) is 15.0 Å².